The molecule has 1 atom stereocenters. The number of hydrogen-bond donors (Lipinski definition) is 2. The minimum absolute atomic E-state index is 0.0299. The lowest BCUT2D eigenvalue weighted by Gasteiger charge is -2.15. The molecule has 3 heteroatoms. The lowest BCUT2D eigenvalue weighted by Crippen LogP contribution is -2.29. The highest BCUT2D eigenvalue weighted by Crippen LogP contribution is 2.10. The summed E-state index contributed by atoms with van der Waals surface area (Å²) in [7, 11) is 0. The average molecular weight is 249 g/mol. The number of hydrogen-bond acceptors (Lipinski definition) is 2. The number of amides is 1. The van der Waals surface area contributed by atoms with Gasteiger partial charge in [0.25, 0.3) is 5.91 Å². The van der Waals surface area contributed by atoms with Crippen LogP contribution in [0.2, 0.25) is 0 Å². The second kappa shape index (κ2) is 7.88. The average Bonchev–Trinajstić information content (AvgIpc) is 2.36. The Labute approximate surface area is 109 Å². The SMILES string of the molecule is CCCC(CCO)CNC(=O)c1cccc(C)c1. The summed E-state index contributed by atoms with van der Waals surface area (Å²) >= 11 is 0. The van der Waals surface area contributed by atoms with E-state index in [4.69, 9.17) is 5.11 Å². The second-order valence-corrected chi connectivity index (χ2v) is 4.75. The highest BCUT2D eigenvalue weighted by molar-refractivity contribution is 5.94. The van der Waals surface area contributed by atoms with Gasteiger partial charge in [-0.1, -0.05) is 31.0 Å². The summed E-state index contributed by atoms with van der Waals surface area (Å²) in [5.41, 5.74) is 1.79. The Morgan fingerprint density at radius 2 is 2.17 bits per heavy atom. The predicted molar refractivity (Wildman–Crippen MR) is 73.6 cm³/mol. The normalized spacial score (nSPS) is 12.2. The molecule has 0 saturated heterocycles. The maximum absolute atomic E-state index is 11.9. The number of aliphatic hydroxyl groups is 1. The number of rotatable bonds is 7. The molecule has 0 fully saturated rings. The zero-order valence-electron chi connectivity index (χ0n) is 11.3. The fourth-order valence-corrected chi connectivity index (χ4v) is 2.06. The lowest BCUT2D eigenvalue weighted by atomic mass is 10.00. The molecule has 0 heterocycles. The minimum atomic E-state index is -0.0299. The van der Waals surface area contributed by atoms with Crippen molar-refractivity contribution in [3.63, 3.8) is 0 Å². The van der Waals surface area contributed by atoms with Gasteiger partial charge in [-0.25, -0.2) is 0 Å². The van der Waals surface area contributed by atoms with E-state index < -0.39 is 0 Å². The monoisotopic (exact) mass is 249 g/mol. The van der Waals surface area contributed by atoms with Crippen LogP contribution in [0.5, 0.6) is 0 Å². The molecule has 0 radical (unpaired) electrons. The zero-order valence-corrected chi connectivity index (χ0v) is 11.3. The highest BCUT2D eigenvalue weighted by Gasteiger charge is 2.10. The summed E-state index contributed by atoms with van der Waals surface area (Å²) in [5.74, 6) is 0.339. The smallest absolute Gasteiger partial charge is 0.251 e. The van der Waals surface area contributed by atoms with Gasteiger partial charge in [-0.05, 0) is 37.8 Å². The molecule has 0 spiro atoms. The molecule has 0 aliphatic carbocycles. The quantitative estimate of drug-likeness (QED) is 0.780. The van der Waals surface area contributed by atoms with E-state index in [9.17, 15) is 4.79 Å². The Balaban J connectivity index is 2.49. The minimum Gasteiger partial charge on any atom is -0.396 e. The van der Waals surface area contributed by atoms with Crippen molar-refractivity contribution in [3.8, 4) is 0 Å². The molecular weight excluding hydrogens is 226 g/mol. The topological polar surface area (TPSA) is 49.3 Å². The van der Waals surface area contributed by atoms with Crippen molar-refractivity contribution < 1.29 is 9.90 Å². The summed E-state index contributed by atoms with van der Waals surface area (Å²) in [6.07, 6.45) is 2.86. The van der Waals surface area contributed by atoms with E-state index in [-0.39, 0.29) is 12.5 Å². The van der Waals surface area contributed by atoms with Gasteiger partial charge in [0.1, 0.15) is 0 Å². The van der Waals surface area contributed by atoms with Crippen molar-refractivity contribution in [2.45, 2.75) is 33.1 Å². The first kappa shape index (κ1) is 14.7. The fourth-order valence-electron chi connectivity index (χ4n) is 2.06. The van der Waals surface area contributed by atoms with Crippen molar-refractivity contribution in [1.29, 1.82) is 0 Å². The van der Waals surface area contributed by atoms with E-state index in [1.165, 1.54) is 0 Å². The summed E-state index contributed by atoms with van der Waals surface area (Å²) < 4.78 is 0. The Morgan fingerprint density at radius 1 is 1.39 bits per heavy atom. The van der Waals surface area contributed by atoms with Crippen LogP contribution in [0.1, 0.15) is 42.1 Å². The predicted octanol–water partition coefficient (Wildman–Crippen LogP) is 2.52. The van der Waals surface area contributed by atoms with Gasteiger partial charge in [0.05, 0.1) is 0 Å². The number of benzene rings is 1. The van der Waals surface area contributed by atoms with Gasteiger partial charge in [-0.15, -0.1) is 0 Å². The van der Waals surface area contributed by atoms with Crippen molar-refractivity contribution in [2.75, 3.05) is 13.2 Å². The van der Waals surface area contributed by atoms with Crippen LogP contribution in [0.3, 0.4) is 0 Å². The van der Waals surface area contributed by atoms with Crippen molar-refractivity contribution in [1.82, 2.24) is 5.32 Å². The molecule has 1 amide bonds. The van der Waals surface area contributed by atoms with E-state index in [1.807, 2.05) is 31.2 Å². The highest BCUT2D eigenvalue weighted by atomic mass is 16.3. The summed E-state index contributed by atoms with van der Waals surface area (Å²) in [6.45, 7) is 4.92. The zero-order chi connectivity index (χ0) is 13.4. The van der Waals surface area contributed by atoms with Gasteiger partial charge in [0, 0.05) is 18.7 Å². The van der Waals surface area contributed by atoms with Crippen LogP contribution in [0.15, 0.2) is 24.3 Å². The van der Waals surface area contributed by atoms with E-state index >= 15 is 0 Å². The number of carbonyl (C=O) groups excluding carboxylic acids is 1. The molecule has 2 N–H and O–H groups in total. The van der Waals surface area contributed by atoms with Crippen LogP contribution in [-0.4, -0.2) is 24.2 Å². The molecule has 18 heavy (non-hydrogen) atoms. The Bertz CT molecular complexity index is 371. The number of nitrogens with one attached hydrogen (secondary N) is 1. The van der Waals surface area contributed by atoms with Crippen molar-refractivity contribution in [2.24, 2.45) is 5.92 Å². The first-order chi connectivity index (χ1) is 8.67. The molecule has 0 aliphatic rings. The van der Waals surface area contributed by atoms with Gasteiger partial charge in [-0.3, -0.25) is 4.79 Å². The van der Waals surface area contributed by atoms with Crippen LogP contribution in [-0.2, 0) is 0 Å². The molecule has 1 aromatic carbocycles. The van der Waals surface area contributed by atoms with E-state index in [0.29, 0.717) is 18.0 Å². The van der Waals surface area contributed by atoms with Crippen LogP contribution < -0.4 is 5.32 Å². The van der Waals surface area contributed by atoms with Crippen LogP contribution in [0, 0.1) is 12.8 Å². The largest absolute Gasteiger partial charge is 0.396 e. The second-order valence-electron chi connectivity index (χ2n) is 4.75. The van der Waals surface area contributed by atoms with E-state index in [1.54, 1.807) is 0 Å². The molecule has 3 nitrogen and oxygen atoms in total. The molecule has 1 rings (SSSR count). The Hall–Kier alpha value is -1.35. The summed E-state index contributed by atoms with van der Waals surface area (Å²) in [4.78, 5) is 11.9. The Morgan fingerprint density at radius 3 is 2.78 bits per heavy atom. The van der Waals surface area contributed by atoms with Gasteiger partial charge in [0.15, 0.2) is 0 Å². The van der Waals surface area contributed by atoms with Gasteiger partial charge in [-0.2, -0.15) is 0 Å². The molecule has 1 unspecified atom stereocenters. The molecular formula is C15H23NO2. The molecule has 0 aromatic heterocycles. The number of aryl methyl sites for hydroxylation is 1. The van der Waals surface area contributed by atoms with Gasteiger partial charge >= 0.3 is 0 Å². The van der Waals surface area contributed by atoms with E-state index in [2.05, 4.69) is 12.2 Å². The summed E-state index contributed by atoms with van der Waals surface area (Å²) in [5, 5.41) is 11.9. The molecule has 0 aliphatic heterocycles. The number of aliphatic hydroxyl groups excluding tert-OH is 1. The third-order valence-electron chi connectivity index (χ3n) is 3.07. The fraction of sp³-hybridized carbons (Fsp3) is 0.533. The van der Waals surface area contributed by atoms with Crippen molar-refractivity contribution >= 4 is 5.91 Å². The maximum Gasteiger partial charge on any atom is 0.251 e. The lowest BCUT2D eigenvalue weighted by molar-refractivity contribution is 0.0943. The standard InChI is InChI=1S/C15H23NO2/c1-3-5-13(8-9-17)11-16-15(18)14-7-4-6-12(2)10-14/h4,6-7,10,13,17H,3,5,8-9,11H2,1-2H3,(H,16,18). The van der Waals surface area contributed by atoms with Crippen molar-refractivity contribution in [3.05, 3.63) is 35.4 Å². The third kappa shape index (κ3) is 4.88. The molecule has 0 bridgehead atoms. The molecule has 100 valence electrons. The van der Waals surface area contributed by atoms with Crippen LogP contribution in [0.25, 0.3) is 0 Å². The first-order valence-corrected chi connectivity index (χ1v) is 6.63. The molecule has 1 aromatic rings. The maximum atomic E-state index is 11.9. The summed E-state index contributed by atoms with van der Waals surface area (Å²) in [6, 6.07) is 7.57. The number of carbonyl (C=O) groups is 1. The van der Waals surface area contributed by atoms with Crippen LogP contribution >= 0.6 is 0 Å². The van der Waals surface area contributed by atoms with E-state index in [0.717, 1.165) is 24.8 Å². The van der Waals surface area contributed by atoms with Gasteiger partial charge < -0.3 is 10.4 Å². The Kier molecular flexibility index (Phi) is 6.44. The molecule has 0 saturated carbocycles. The first-order valence-electron chi connectivity index (χ1n) is 6.63. The van der Waals surface area contributed by atoms with Crippen LogP contribution in [0.4, 0.5) is 0 Å². The third-order valence-corrected chi connectivity index (χ3v) is 3.07. The van der Waals surface area contributed by atoms with Gasteiger partial charge in [0.2, 0.25) is 0 Å².